The summed E-state index contributed by atoms with van der Waals surface area (Å²) in [6, 6.07) is 16.2. The first-order valence-electron chi connectivity index (χ1n) is 9.25. The Kier molecular flexibility index (Phi) is 5.77. The fourth-order valence-corrected chi connectivity index (χ4v) is 3.95. The molecule has 1 amide bonds. The molecule has 0 unspecified atom stereocenters. The number of thiophene rings is 1. The summed E-state index contributed by atoms with van der Waals surface area (Å²) in [5.74, 6) is -0.113. The van der Waals surface area contributed by atoms with Crippen molar-refractivity contribution in [1.29, 1.82) is 0 Å². The Labute approximate surface area is 185 Å². The lowest BCUT2D eigenvalue weighted by Crippen LogP contribution is -2.15. The van der Waals surface area contributed by atoms with Crippen LogP contribution in [0.4, 0.5) is 5.69 Å². The van der Waals surface area contributed by atoms with E-state index in [2.05, 4.69) is 10.5 Å². The van der Waals surface area contributed by atoms with Gasteiger partial charge < -0.3 is 9.15 Å². The molecule has 0 bridgehead atoms. The molecule has 160 valence electrons. The average Bonchev–Trinajstić information content (AvgIpc) is 3.45. The molecule has 10 heteroatoms. The van der Waals surface area contributed by atoms with Crippen LogP contribution < -0.4 is 5.43 Å². The average molecular weight is 449 g/mol. The van der Waals surface area contributed by atoms with E-state index in [1.54, 1.807) is 48.5 Å². The fraction of sp³-hybridized carbons (Fsp3) is 0.0455. The van der Waals surface area contributed by atoms with Crippen LogP contribution in [-0.4, -0.2) is 30.1 Å². The van der Waals surface area contributed by atoms with Crippen LogP contribution in [0.2, 0.25) is 0 Å². The Morgan fingerprint density at radius 1 is 1.16 bits per heavy atom. The number of furan rings is 1. The number of hydrazone groups is 1. The minimum Gasteiger partial charge on any atom is -0.465 e. The van der Waals surface area contributed by atoms with Gasteiger partial charge >= 0.3 is 5.97 Å². The molecular formula is C22H15N3O6S. The maximum absolute atomic E-state index is 12.4. The molecule has 0 aliphatic heterocycles. The zero-order valence-electron chi connectivity index (χ0n) is 16.6. The number of esters is 1. The summed E-state index contributed by atoms with van der Waals surface area (Å²) in [5, 5.41) is 15.4. The summed E-state index contributed by atoms with van der Waals surface area (Å²) >= 11 is 1.20. The molecular weight excluding hydrogens is 434 g/mol. The van der Waals surface area contributed by atoms with Crippen LogP contribution in [0.15, 0.2) is 70.2 Å². The number of hydrogen-bond donors (Lipinski definition) is 1. The van der Waals surface area contributed by atoms with E-state index in [1.807, 2.05) is 0 Å². The van der Waals surface area contributed by atoms with E-state index < -0.39 is 16.8 Å². The van der Waals surface area contributed by atoms with E-state index in [1.165, 1.54) is 36.8 Å². The molecule has 2 heterocycles. The highest BCUT2D eigenvalue weighted by Crippen LogP contribution is 2.29. The number of hydrogen-bond acceptors (Lipinski definition) is 8. The Bertz CT molecular complexity index is 1370. The van der Waals surface area contributed by atoms with Crippen molar-refractivity contribution >= 4 is 45.2 Å². The summed E-state index contributed by atoms with van der Waals surface area (Å²) in [6.07, 6.45) is 1.33. The zero-order chi connectivity index (χ0) is 22.7. The van der Waals surface area contributed by atoms with E-state index in [4.69, 9.17) is 9.15 Å². The van der Waals surface area contributed by atoms with E-state index in [0.29, 0.717) is 32.9 Å². The lowest BCUT2D eigenvalue weighted by atomic mass is 10.1. The standard InChI is InChI=1S/C22H15N3O6S/c1-30-22(27)17-5-3-2-4-16(17)18-8-7-15(31-18)12-23-24-21(26)20-11-13-10-14(25(28)29)6-9-19(13)32-20/h2-12H,1H3,(H,24,26)/b23-12+. The SMILES string of the molecule is COC(=O)c1ccccc1-c1ccc(/C=N/NC(=O)c2cc3cc([N+](=O)[O-])ccc3s2)o1. The van der Waals surface area contributed by atoms with E-state index in [-0.39, 0.29) is 5.69 Å². The van der Waals surface area contributed by atoms with Crippen molar-refractivity contribution < 1.29 is 23.7 Å². The number of carbonyl (C=O) groups excluding carboxylic acids is 2. The second-order valence-corrected chi connectivity index (χ2v) is 7.61. The number of nitro groups is 1. The van der Waals surface area contributed by atoms with Gasteiger partial charge in [0.15, 0.2) is 0 Å². The lowest BCUT2D eigenvalue weighted by Gasteiger charge is -2.04. The van der Waals surface area contributed by atoms with Gasteiger partial charge in [-0.15, -0.1) is 11.3 Å². The van der Waals surface area contributed by atoms with Crippen molar-refractivity contribution in [2.75, 3.05) is 7.11 Å². The van der Waals surface area contributed by atoms with Gasteiger partial charge in [-0.1, -0.05) is 18.2 Å². The van der Waals surface area contributed by atoms with Gasteiger partial charge in [0.25, 0.3) is 11.6 Å². The maximum atomic E-state index is 12.4. The number of non-ortho nitro benzene ring substituents is 1. The highest BCUT2D eigenvalue weighted by atomic mass is 32.1. The van der Waals surface area contributed by atoms with Crippen molar-refractivity contribution in [3.63, 3.8) is 0 Å². The minimum atomic E-state index is -0.484. The molecule has 2 aromatic carbocycles. The third kappa shape index (κ3) is 4.25. The second-order valence-electron chi connectivity index (χ2n) is 6.53. The lowest BCUT2D eigenvalue weighted by molar-refractivity contribution is -0.384. The number of methoxy groups -OCH3 is 1. The van der Waals surface area contributed by atoms with Gasteiger partial charge in [-0.25, -0.2) is 10.2 Å². The number of fused-ring (bicyclic) bond motifs is 1. The fourth-order valence-electron chi connectivity index (χ4n) is 3.02. The molecule has 2 aromatic heterocycles. The topological polar surface area (TPSA) is 124 Å². The Balaban J connectivity index is 1.47. The van der Waals surface area contributed by atoms with Crippen molar-refractivity contribution in [2.45, 2.75) is 0 Å². The third-order valence-electron chi connectivity index (χ3n) is 4.52. The van der Waals surface area contributed by atoms with Crippen molar-refractivity contribution in [3.05, 3.63) is 87.0 Å². The number of nitrogens with one attached hydrogen (secondary N) is 1. The molecule has 1 N–H and O–H groups in total. The third-order valence-corrected chi connectivity index (χ3v) is 5.63. The quantitative estimate of drug-likeness (QED) is 0.198. The Morgan fingerprint density at radius 2 is 1.97 bits per heavy atom. The molecule has 0 radical (unpaired) electrons. The van der Waals surface area contributed by atoms with Crippen LogP contribution in [0.5, 0.6) is 0 Å². The van der Waals surface area contributed by atoms with Crippen LogP contribution in [0.25, 0.3) is 21.4 Å². The Hall–Kier alpha value is -4.31. The summed E-state index contributed by atoms with van der Waals surface area (Å²) in [7, 11) is 1.31. The normalized spacial score (nSPS) is 11.0. The number of nitro benzene ring substituents is 1. The molecule has 9 nitrogen and oxygen atoms in total. The molecule has 0 atom stereocenters. The maximum Gasteiger partial charge on any atom is 0.338 e. The molecule has 0 saturated carbocycles. The van der Waals surface area contributed by atoms with Crippen LogP contribution in [0.1, 0.15) is 25.8 Å². The Morgan fingerprint density at radius 3 is 2.75 bits per heavy atom. The second kappa shape index (κ2) is 8.82. The summed E-state index contributed by atoms with van der Waals surface area (Å²) in [4.78, 5) is 35.1. The van der Waals surface area contributed by atoms with Crippen LogP contribution in [-0.2, 0) is 4.74 Å². The highest BCUT2D eigenvalue weighted by molar-refractivity contribution is 7.20. The first kappa shape index (κ1) is 20.9. The first-order chi connectivity index (χ1) is 15.5. The van der Waals surface area contributed by atoms with Crippen LogP contribution in [0, 0.1) is 10.1 Å². The summed E-state index contributed by atoms with van der Waals surface area (Å²) < 4.78 is 11.3. The summed E-state index contributed by atoms with van der Waals surface area (Å²) in [5.41, 5.74) is 3.31. The van der Waals surface area contributed by atoms with Gasteiger partial charge in [0, 0.05) is 27.8 Å². The van der Waals surface area contributed by atoms with E-state index in [9.17, 15) is 19.7 Å². The minimum absolute atomic E-state index is 0.0392. The predicted octanol–water partition coefficient (Wildman–Crippen LogP) is 4.62. The molecule has 0 aliphatic carbocycles. The van der Waals surface area contributed by atoms with Gasteiger partial charge in [0.2, 0.25) is 0 Å². The number of rotatable bonds is 6. The molecule has 4 rings (SSSR count). The van der Waals surface area contributed by atoms with Crippen molar-refractivity contribution in [3.8, 4) is 11.3 Å². The number of nitrogens with zero attached hydrogens (tertiary/aromatic N) is 2. The van der Waals surface area contributed by atoms with E-state index in [0.717, 1.165) is 4.70 Å². The predicted molar refractivity (Wildman–Crippen MR) is 119 cm³/mol. The molecule has 4 aromatic rings. The molecule has 0 saturated heterocycles. The molecule has 32 heavy (non-hydrogen) atoms. The first-order valence-corrected chi connectivity index (χ1v) is 10.1. The van der Waals surface area contributed by atoms with Gasteiger partial charge in [-0.2, -0.15) is 5.10 Å². The smallest absolute Gasteiger partial charge is 0.338 e. The molecule has 0 spiro atoms. The summed E-state index contributed by atoms with van der Waals surface area (Å²) in [6.45, 7) is 0. The number of amides is 1. The van der Waals surface area contributed by atoms with E-state index >= 15 is 0 Å². The highest BCUT2D eigenvalue weighted by Gasteiger charge is 2.15. The molecule has 0 aliphatic rings. The van der Waals surface area contributed by atoms with Crippen molar-refractivity contribution in [2.24, 2.45) is 5.10 Å². The van der Waals surface area contributed by atoms with Crippen LogP contribution >= 0.6 is 11.3 Å². The number of ether oxygens (including phenoxy) is 1. The van der Waals surface area contributed by atoms with Gasteiger partial charge in [0.05, 0.1) is 28.7 Å². The number of benzene rings is 2. The van der Waals surface area contributed by atoms with Gasteiger partial charge in [-0.3, -0.25) is 14.9 Å². The monoisotopic (exact) mass is 449 g/mol. The van der Waals surface area contributed by atoms with Gasteiger partial charge in [0.1, 0.15) is 11.5 Å². The molecule has 0 fully saturated rings. The number of carbonyl (C=O) groups is 2. The zero-order valence-corrected chi connectivity index (χ0v) is 17.4. The largest absolute Gasteiger partial charge is 0.465 e. The van der Waals surface area contributed by atoms with Crippen LogP contribution in [0.3, 0.4) is 0 Å². The van der Waals surface area contributed by atoms with Crippen molar-refractivity contribution in [1.82, 2.24) is 5.43 Å². The van der Waals surface area contributed by atoms with Gasteiger partial charge in [-0.05, 0) is 30.3 Å².